The lowest BCUT2D eigenvalue weighted by atomic mass is 9.98. The molecule has 8 nitrogen and oxygen atoms in total. The zero-order valence-electron chi connectivity index (χ0n) is 19.0. The Balaban J connectivity index is 1.46. The van der Waals surface area contributed by atoms with Gasteiger partial charge >= 0.3 is 12.1 Å². The second-order valence-corrected chi connectivity index (χ2v) is 7.81. The number of nitrogens with one attached hydrogen (secondary N) is 2. The highest BCUT2D eigenvalue weighted by atomic mass is 16.5. The number of carbonyl (C=O) groups excluding carboxylic acids is 2. The molecule has 0 radical (unpaired) electrons. The summed E-state index contributed by atoms with van der Waals surface area (Å²) in [5, 5.41) is 13.9. The SMILES string of the molecule is COc1ccc(NC(=O)OCC2c3ccccc3-c3ccccc32)c(C(=O)NC/C=C/C(=O)O)c1. The minimum absolute atomic E-state index is 0.00667. The van der Waals surface area contributed by atoms with Crippen molar-refractivity contribution in [2.45, 2.75) is 5.92 Å². The van der Waals surface area contributed by atoms with Crippen LogP contribution in [0, 0.1) is 0 Å². The van der Waals surface area contributed by atoms with Crippen molar-refractivity contribution in [2.24, 2.45) is 0 Å². The molecule has 0 bridgehead atoms. The maximum atomic E-state index is 12.7. The lowest BCUT2D eigenvalue weighted by Crippen LogP contribution is -2.26. The molecule has 1 aliphatic carbocycles. The number of carboxylic acid groups (broad SMARTS) is 1. The Kier molecular flexibility index (Phi) is 7.11. The predicted molar refractivity (Wildman–Crippen MR) is 131 cm³/mol. The van der Waals surface area contributed by atoms with Crippen molar-refractivity contribution in [3.8, 4) is 16.9 Å². The van der Waals surface area contributed by atoms with E-state index in [2.05, 4.69) is 22.8 Å². The van der Waals surface area contributed by atoms with E-state index in [0.29, 0.717) is 5.75 Å². The third-order valence-electron chi connectivity index (χ3n) is 5.69. The average Bonchev–Trinajstić information content (AvgIpc) is 3.19. The van der Waals surface area contributed by atoms with E-state index in [-0.39, 0.29) is 30.3 Å². The van der Waals surface area contributed by atoms with Crippen molar-refractivity contribution in [2.75, 3.05) is 25.6 Å². The summed E-state index contributed by atoms with van der Waals surface area (Å²) in [4.78, 5) is 35.9. The highest BCUT2D eigenvalue weighted by Crippen LogP contribution is 2.44. The van der Waals surface area contributed by atoms with E-state index >= 15 is 0 Å². The number of ether oxygens (including phenoxy) is 2. The van der Waals surface area contributed by atoms with Crippen LogP contribution in [0.2, 0.25) is 0 Å². The number of fused-ring (bicyclic) bond motifs is 3. The smallest absolute Gasteiger partial charge is 0.411 e. The van der Waals surface area contributed by atoms with Gasteiger partial charge < -0.3 is 19.9 Å². The number of hydrogen-bond acceptors (Lipinski definition) is 5. The quantitative estimate of drug-likeness (QED) is 0.418. The normalized spacial score (nSPS) is 12.0. The molecule has 0 aromatic heterocycles. The van der Waals surface area contributed by atoms with Crippen LogP contribution in [-0.2, 0) is 9.53 Å². The van der Waals surface area contributed by atoms with Gasteiger partial charge in [-0.1, -0.05) is 54.6 Å². The Morgan fingerprint density at radius 3 is 2.26 bits per heavy atom. The molecule has 0 spiro atoms. The summed E-state index contributed by atoms with van der Waals surface area (Å²) in [7, 11) is 1.46. The predicted octanol–water partition coefficient (Wildman–Crippen LogP) is 4.43. The molecule has 178 valence electrons. The van der Waals surface area contributed by atoms with E-state index in [1.165, 1.54) is 19.3 Å². The van der Waals surface area contributed by atoms with Crippen LogP contribution in [0.15, 0.2) is 78.9 Å². The van der Waals surface area contributed by atoms with Crippen molar-refractivity contribution in [3.63, 3.8) is 0 Å². The highest BCUT2D eigenvalue weighted by molar-refractivity contribution is 6.03. The van der Waals surface area contributed by atoms with E-state index in [0.717, 1.165) is 28.3 Å². The average molecular weight is 472 g/mol. The molecular formula is C27H24N2O6. The molecule has 0 saturated carbocycles. The van der Waals surface area contributed by atoms with Crippen molar-refractivity contribution in [1.82, 2.24) is 5.32 Å². The first-order chi connectivity index (χ1) is 17.0. The zero-order chi connectivity index (χ0) is 24.8. The molecule has 4 rings (SSSR count). The van der Waals surface area contributed by atoms with Crippen LogP contribution in [0.4, 0.5) is 10.5 Å². The first-order valence-electron chi connectivity index (χ1n) is 11.0. The fraction of sp³-hybridized carbons (Fsp3) is 0.148. The summed E-state index contributed by atoms with van der Waals surface area (Å²) in [6.45, 7) is 0.143. The Morgan fingerprint density at radius 1 is 0.971 bits per heavy atom. The van der Waals surface area contributed by atoms with Crippen LogP contribution in [-0.4, -0.2) is 43.3 Å². The summed E-state index contributed by atoms with van der Waals surface area (Å²) < 4.78 is 10.8. The number of rotatable bonds is 8. The fourth-order valence-corrected chi connectivity index (χ4v) is 4.10. The molecule has 8 heteroatoms. The molecule has 0 saturated heterocycles. The largest absolute Gasteiger partial charge is 0.497 e. The Labute approximate surface area is 202 Å². The van der Waals surface area contributed by atoms with Gasteiger partial charge in [-0.05, 0) is 40.5 Å². The van der Waals surface area contributed by atoms with Gasteiger partial charge in [-0.2, -0.15) is 0 Å². The molecular weight excluding hydrogens is 448 g/mol. The van der Waals surface area contributed by atoms with E-state index in [1.54, 1.807) is 12.1 Å². The molecule has 0 fully saturated rings. The topological polar surface area (TPSA) is 114 Å². The van der Waals surface area contributed by atoms with Crippen molar-refractivity contribution in [1.29, 1.82) is 0 Å². The minimum atomic E-state index is -1.11. The van der Waals surface area contributed by atoms with Gasteiger partial charge in [0.05, 0.1) is 18.4 Å². The molecule has 0 aliphatic heterocycles. The lowest BCUT2D eigenvalue weighted by Gasteiger charge is -2.16. The fourth-order valence-electron chi connectivity index (χ4n) is 4.10. The maximum Gasteiger partial charge on any atom is 0.411 e. The number of amides is 2. The van der Waals surface area contributed by atoms with Gasteiger partial charge in [0.25, 0.3) is 5.91 Å². The number of carboxylic acids is 1. The lowest BCUT2D eigenvalue weighted by molar-refractivity contribution is -0.131. The summed E-state index contributed by atoms with van der Waals surface area (Å²) in [6.07, 6.45) is 1.54. The number of anilines is 1. The van der Waals surface area contributed by atoms with Crippen LogP contribution in [0.25, 0.3) is 11.1 Å². The third kappa shape index (κ3) is 5.33. The van der Waals surface area contributed by atoms with Gasteiger partial charge in [-0.15, -0.1) is 0 Å². The molecule has 3 N–H and O–H groups in total. The molecule has 0 unspecified atom stereocenters. The number of hydrogen-bond donors (Lipinski definition) is 3. The third-order valence-corrected chi connectivity index (χ3v) is 5.69. The standard InChI is InChI=1S/C27H24N2O6/c1-34-17-12-13-24(22(15-17)26(32)28-14-6-11-25(30)31)29-27(33)35-16-23-20-9-4-2-7-18(20)19-8-3-5-10-21(19)23/h2-13,15,23H,14,16H2,1H3,(H,28,32)(H,29,33)(H,30,31)/b11-6+. The van der Waals surface area contributed by atoms with Gasteiger partial charge in [0.15, 0.2) is 0 Å². The summed E-state index contributed by atoms with van der Waals surface area (Å²) >= 11 is 0. The van der Waals surface area contributed by atoms with Gasteiger partial charge in [0.1, 0.15) is 12.4 Å². The molecule has 3 aromatic rings. The van der Waals surface area contributed by atoms with Gasteiger partial charge in [0.2, 0.25) is 0 Å². The van der Waals surface area contributed by atoms with Crippen molar-refractivity contribution < 1.29 is 29.0 Å². The molecule has 2 amide bonds. The van der Waals surface area contributed by atoms with Crippen LogP contribution in [0.5, 0.6) is 5.75 Å². The van der Waals surface area contributed by atoms with Crippen LogP contribution in [0.3, 0.4) is 0 Å². The molecule has 35 heavy (non-hydrogen) atoms. The second-order valence-electron chi connectivity index (χ2n) is 7.81. The Bertz CT molecular complexity index is 1250. The first kappa shape index (κ1) is 23.6. The van der Waals surface area contributed by atoms with E-state index < -0.39 is 18.0 Å². The van der Waals surface area contributed by atoms with E-state index in [1.807, 2.05) is 36.4 Å². The van der Waals surface area contributed by atoms with Gasteiger partial charge in [-0.25, -0.2) is 9.59 Å². The summed E-state index contributed by atoms with van der Waals surface area (Å²) in [6, 6.07) is 20.7. The number of benzene rings is 3. The maximum absolute atomic E-state index is 12.7. The first-order valence-corrected chi connectivity index (χ1v) is 11.0. The minimum Gasteiger partial charge on any atom is -0.497 e. The Hall–Kier alpha value is -4.59. The van der Waals surface area contributed by atoms with Crippen LogP contribution in [0.1, 0.15) is 27.4 Å². The van der Waals surface area contributed by atoms with Crippen LogP contribution >= 0.6 is 0 Å². The zero-order valence-corrected chi connectivity index (χ0v) is 19.0. The Morgan fingerprint density at radius 2 is 1.63 bits per heavy atom. The summed E-state index contributed by atoms with van der Waals surface area (Å²) in [5.41, 5.74) is 4.84. The van der Waals surface area contributed by atoms with Crippen LogP contribution < -0.4 is 15.4 Å². The van der Waals surface area contributed by atoms with Crippen molar-refractivity contribution >= 4 is 23.7 Å². The molecule has 0 heterocycles. The number of carbonyl (C=O) groups is 3. The van der Waals surface area contributed by atoms with E-state index in [9.17, 15) is 14.4 Å². The van der Waals surface area contributed by atoms with E-state index in [4.69, 9.17) is 14.6 Å². The monoisotopic (exact) mass is 472 g/mol. The number of aliphatic carboxylic acids is 1. The number of methoxy groups -OCH3 is 1. The van der Waals surface area contributed by atoms with Gasteiger partial charge in [0, 0.05) is 18.5 Å². The highest BCUT2D eigenvalue weighted by Gasteiger charge is 2.29. The molecule has 1 aliphatic rings. The molecule has 3 aromatic carbocycles. The second kappa shape index (κ2) is 10.6. The molecule has 0 atom stereocenters. The van der Waals surface area contributed by atoms with Gasteiger partial charge in [-0.3, -0.25) is 10.1 Å². The summed E-state index contributed by atoms with van der Waals surface area (Å²) in [5.74, 6) is -1.28. The van der Waals surface area contributed by atoms with Crippen molar-refractivity contribution in [3.05, 3.63) is 95.6 Å².